The summed E-state index contributed by atoms with van der Waals surface area (Å²) in [5.41, 5.74) is 0. The maximum Gasteiger partial charge on any atom is 0.0786 e. The highest BCUT2D eigenvalue weighted by Gasteiger charge is 2.26. The van der Waals surface area contributed by atoms with Crippen molar-refractivity contribution >= 4 is 0 Å². The zero-order chi connectivity index (χ0) is 31.6. The van der Waals surface area contributed by atoms with E-state index < -0.39 is 0 Å². The molecule has 0 rings (SSSR count). The molecule has 0 radical (unpaired) electrons. The Morgan fingerprint density at radius 1 is 0.205 bits per heavy atom. The van der Waals surface area contributed by atoms with Crippen LogP contribution in [-0.4, -0.2) is 61.3 Å². The topological polar surface area (TPSA) is 0 Å². The lowest BCUT2D eigenvalue weighted by Crippen LogP contribution is -3.00. The predicted octanol–water partition coefficient (Wildman–Crippen LogP) is 7.14. The highest BCUT2D eigenvalue weighted by atomic mass is 35.5. The molecule has 0 aromatic carbocycles. The summed E-state index contributed by atoms with van der Waals surface area (Å²) in [6, 6.07) is 0. The minimum atomic E-state index is 0. The summed E-state index contributed by atoms with van der Waals surface area (Å²) in [6.07, 6.45) is 33.9. The average molecular weight is 668 g/mol. The summed E-state index contributed by atoms with van der Waals surface area (Å²) in [6.45, 7) is 30.2. The van der Waals surface area contributed by atoms with Gasteiger partial charge in [0.25, 0.3) is 0 Å². The Hall–Kier alpha value is 0.500. The third-order valence-electron chi connectivity index (χ3n) is 9.89. The largest absolute Gasteiger partial charge is 1.00 e. The molecule has 0 aliphatic rings. The van der Waals surface area contributed by atoms with Gasteiger partial charge < -0.3 is 33.8 Å². The maximum atomic E-state index is 2.34. The molecule has 272 valence electrons. The van der Waals surface area contributed by atoms with Crippen LogP contribution in [0.4, 0.5) is 0 Å². The van der Waals surface area contributed by atoms with Gasteiger partial charge in [-0.1, -0.05) is 132 Å². The molecule has 0 aliphatic heterocycles. The van der Waals surface area contributed by atoms with E-state index in [1.165, 1.54) is 215 Å². The van der Waals surface area contributed by atoms with Gasteiger partial charge in [0.1, 0.15) is 0 Å². The molecule has 0 fully saturated rings. The first-order valence-corrected chi connectivity index (χ1v) is 20.2. The fourth-order valence-corrected chi connectivity index (χ4v) is 6.81. The third kappa shape index (κ3) is 31.1. The van der Waals surface area contributed by atoms with Gasteiger partial charge in [-0.3, -0.25) is 0 Å². The van der Waals surface area contributed by atoms with E-state index in [2.05, 4.69) is 55.4 Å². The van der Waals surface area contributed by atoms with E-state index in [1.54, 1.807) is 0 Å². The molecule has 0 heterocycles. The van der Waals surface area contributed by atoms with Crippen LogP contribution in [0.25, 0.3) is 0 Å². The van der Waals surface area contributed by atoms with E-state index in [9.17, 15) is 0 Å². The lowest BCUT2D eigenvalue weighted by molar-refractivity contribution is -0.929. The summed E-state index contributed by atoms with van der Waals surface area (Å²) in [7, 11) is 0. The standard InChI is InChI=1S/C24H52N.C16H36N.2ClH/c1-5-9-13-17-21-25(22-18-14-10-6-2,23-19-15-11-7-3)24-20-16-12-8-4;1-5-9-13-17(14-10-6-2,15-11-7-3)16-12-8-4;;/h5-24H2,1-4H3;5-16H2,1-4H3;2*1H/q2*+1;;/p-2. The van der Waals surface area contributed by atoms with Crippen molar-refractivity contribution in [3.05, 3.63) is 0 Å². The second-order valence-electron chi connectivity index (χ2n) is 14.1. The van der Waals surface area contributed by atoms with Crippen LogP contribution in [-0.2, 0) is 0 Å². The highest BCUT2D eigenvalue weighted by Crippen LogP contribution is 2.20. The minimum absolute atomic E-state index is 0. The van der Waals surface area contributed by atoms with Crippen molar-refractivity contribution in [2.45, 2.75) is 209 Å². The van der Waals surface area contributed by atoms with Crippen LogP contribution in [0, 0.1) is 0 Å². The van der Waals surface area contributed by atoms with Crippen LogP contribution in [0.5, 0.6) is 0 Å². The number of unbranched alkanes of at least 4 members (excludes halogenated alkanes) is 16. The summed E-state index contributed by atoms with van der Waals surface area (Å²) in [5, 5.41) is 0. The summed E-state index contributed by atoms with van der Waals surface area (Å²) >= 11 is 0. The molecule has 0 spiro atoms. The van der Waals surface area contributed by atoms with Gasteiger partial charge in [-0.05, 0) is 77.0 Å². The van der Waals surface area contributed by atoms with Crippen molar-refractivity contribution in [2.75, 3.05) is 52.4 Å². The Kier molecular flexibility index (Phi) is 46.3. The minimum Gasteiger partial charge on any atom is -1.00 e. The molecule has 0 amide bonds. The van der Waals surface area contributed by atoms with Crippen LogP contribution < -0.4 is 24.8 Å². The molecule has 44 heavy (non-hydrogen) atoms. The Labute approximate surface area is 294 Å². The Morgan fingerprint density at radius 3 is 0.523 bits per heavy atom. The van der Waals surface area contributed by atoms with Gasteiger partial charge in [-0.2, -0.15) is 0 Å². The van der Waals surface area contributed by atoms with Gasteiger partial charge in [0, 0.05) is 0 Å². The Balaban J connectivity index is -0.000000371. The summed E-state index contributed by atoms with van der Waals surface area (Å²) in [4.78, 5) is 0. The van der Waals surface area contributed by atoms with Crippen molar-refractivity contribution in [3.63, 3.8) is 0 Å². The molecular weight excluding hydrogens is 579 g/mol. The van der Waals surface area contributed by atoms with Gasteiger partial charge in [-0.15, -0.1) is 0 Å². The predicted molar refractivity (Wildman–Crippen MR) is 196 cm³/mol. The molecule has 0 aromatic heterocycles. The summed E-state index contributed by atoms with van der Waals surface area (Å²) < 4.78 is 2.88. The van der Waals surface area contributed by atoms with Gasteiger partial charge in [0.05, 0.1) is 52.4 Å². The zero-order valence-corrected chi connectivity index (χ0v) is 33.8. The molecule has 0 saturated carbocycles. The first kappa shape index (κ1) is 51.3. The molecule has 0 aromatic rings. The number of hydrogen-bond acceptors (Lipinski definition) is 0. The normalized spacial score (nSPS) is 11.5. The molecule has 0 bridgehead atoms. The van der Waals surface area contributed by atoms with Crippen molar-refractivity contribution in [3.8, 4) is 0 Å². The number of quaternary nitrogens is 2. The first-order chi connectivity index (χ1) is 20.5. The zero-order valence-electron chi connectivity index (χ0n) is 32.3. The van der Waals surface area contributed by atoms with Gasteiger partial charge in [-0.25, -0.2) is 0 Å². The van der Waals surface area contributed by atoms with Gasteiger partial charge in [0.2, 0.25) is 0 Å². The van der Waals surface area contributed by atoms with E-state index in [0.717, 1.165) is 0 Å². The molecule has 2 nitrogen and oxygen atoms in total. The van der Waals surface area contributed by atoms with E-state index in [-0.39, 0.29) is 24.8 Å². The smallest absolute Gasteiger partial charge is 0.0786 e. The van der Waals surface area contributed by atoms with E-state index >= 15 is 0 Å². The second-order valence-corrected chi connectivity index (χ2v) is 14.1. The fourth-order valence-electron chi connectivity index (χ4n) is 6.81. The molecular formula is C40H88Cl2N2. The molecule has 0 N–H and O–H groups in total. The van der Waals surface area contributed by atoms with Crippen LogP contribution in [0.2, 0.25) is 0 Å². The van der Waals surface area contributed by atoms with E-state index in [4.69, 9.17) is 0 Å². The number of hydrogen-bond donors (Lipinski definition) is 0. The number of rotatable bonds is 32. The van der Waals surface area contributed by atoms with E-state index in [0.29, 0.717) is 0 Å². The van der Waals surface area contributed by atoms with Crippen LogP contribution in [0.15, 0.2) is 0 Å². The van der Waals surface area contributed by atoms with Crippen molar-refractivity contribution in [2.24, 2.45) is 0 Å². The van der Waals surface area contributed by atoms with E-state index in [1.807, 2.05) is 0 Å². The SMILES string of the molecule is CCCCCC[N+](CCCCCC)(CCCCCC)CCCCCC.CCCC[N+](CCCC)(CCCC)CCCC.[Cl-].[Cl-]. The molecule has 0 atom stereocenters. The fraction of sp³-hybridized carbons (Fsp3) is 1.00. The van der Waals surface area contributed by atoms with Crippen LogP contribution >= 0.6 is 0 Å². The quantitative estimate of drug-likeness (QED) is 0.0529. The lowest BCUT2D eigenvalue weighted by atomic mass is 10.1. The molecule has 0 unspecified atom stereocenters. The van der Waals surface area contributed by atoms with Crippen LogP contribution in [0.3, 0.4) is 0 Å². The highest BCUT2D eigenvalue weighted by molar-refractivity contribution is 4.54. The lowest BCUT2D eigenvalue weighted by Gasteiger charge is -2.39. The molecule has 4 heteroatoms. The number of nitrogens with zero attached hydrogens (tertiary/aromatic N) is 2. The number of halogens is 2. The van der Waals surface area contributed by atoms with Gasteiger partial charge >= 0.3 is 0 Å². The monoisotopic (exact) mass is 667 g/mol. The van der Waals surface area contributed by atoms with Gasteiger partial charge in [0.15, 0.2) is 0 Å². The molecule has 0 saturated heterocycles. The summed E-state index contributed by atoms with van der Waals surface area (Å²) in [5.74, 6) is 0. The first-order valence-electron chi connectivity index (χ1n) is 20.2. The Morgan fingerprint density at radius 2 is 0.364 bits per heavy atom. The average Bonchev–Trinajstić information content (AvgIpc) is 3.01. The van der Waals surface area contributed by atoms with Crippen molar-refractivity contribution in [1.29, 1.82) is 0 Å². The molecule has 0 aliphatic carbocycles. The second kappa shape index (κ2) is 39.7. The van der Waals surface area contributed by atoms with Crippen molar-refractivity contribution in [1.82, 2.24) is 0 Å². The van der Waals surface area contributed by atoms with Crippen LogP contribution in [0.1, 0.15) is 209 Å². The van der Waals surface area contributed by atoms with Crippen molar-refractivity contribution < 1.29 is 33.8 Å². The Bertz CT molecular complexity index is 409. The third-order valence-corrected chi connectivity index (χ3v) is 9.89. The maximum absolute atomic E-state index is 2.34.